The molecule has 3 amide bonds. The molecule has 1 saturated heterocycles. The van der Waals surface area contributed by atoms with Gasteiger partial charge in [-0.1, -0.05) is 60.7 Å². The predicted molar refractivity (Wildman–Crippen MR) is 117 cm³/mol. The standard InChI is InChI=1S/C25H24N2O4/c28-19(16-31-22-13-5-9-17-7-1-3-11-20(17)22)15-27-23(29)25(26-24(27)30)14-6-10-18-8-2-4-12-21(18)25/h1-5,7-9,11-13,19,28H,6,10,14-16H2,(H,26,30)/t19-,25-/m0/s1. The fraction of sp³-hybridized carbons (Fsp3) is 0.280. The number of ether oxygens (including phenoxy) is 1. The van der Waals surface area contributed by atoms with Gasteiger partial charge >= 0.3 is 6.03 Å². The van der Waals surface area contributed by atoms with Gasteiger partial charge in [0.15, 0.2) is 0 Å². The molecule has 0 saturated carbocycles. The van der Waals surface area contributed by atoms with E-state index in [4.69, 9.17) is 4.74 Å². The number of aliphatic hydroxyl groups is 1. The number of rotatable bonds is 5. The number of benzene rings is 3. The summed E-state index contributed by atoms with van der Waals surface area (Å²) in [5, 5.41) is 15.5. The van der Waals surface area contributed by atoms with Crippen LogP contribution in [0.5, 0.6) is 5.75 Å². The molecular formula is C25H24N2O4. The molecule has 1 fully saturated rings. The first-order valence-corrected chi connectivity index (χ1v) is 10.6. The van der Waals surface area contributed by atoms with Crippen molar-refractivity contribution in [3.63, 3.8) is 0 Å². The molecule has 5 rings (SSSR count). The third kappa shape index (κ3) is 3.33. The van der Waals surface area contributed by atoms with Gasteiger partial charge in [0.1, 0.15) is 24.0 Å². The largest absolute Gasteiger partial charge is 0.490 e. The van der Waals surface area contributed by atoms with Crippen molar-refractivity contribution < 1.29 is 19.4 Å². The fourth-order valence-corrected chi connectivity index (χ4v) is 4.75. The van der Waals surface area contributed by atoms with Crippen LogP contribution in [0.25, 0.3) is 10.8 Å². The van der Waals surface area contributed by atoms with Gasteiger partial charge in [-0.15, -0.1) is 0 Å². The molecule has 1 spiro atoms. The summed E-state index contributed by atoms with van der Waals surface area (Å²) in [5.74, 6) is 0.362. The molecule has 1 heterocycles. The van der Waals surface area contributed by atoms with Gasteiger partial charge in [-0.05, 0) is 41.8 Å². The Balaban J connectivity index is 1.30. The number of carbonyl (C=O) groups excluding carboxylic acids is 2. The van der Waals surface area contributed by atoms with E-state index >= 15 is 0 Å². The zero-order chi connectivity index (χ0) is 21.4. The zero-order valence-corrected chi connectivity index (χ0v) is 17.1. The number of urea groups is 1. The average Bonchev–Trinajstić information content (AvgIpc) is 3.02. The molecule has 0 radical (unpaired) electrons. The lowest BCUT2D eigenvalue weighted by Gasteiger charge is -2.33. The number of fused-ring (bicyclic) bond motifs is 3. The number of hydrogen-bond acceptors (Lipinski definition) is 4. The Morgan fingerprint density at radius 1 is 1.03 bits per heavy atom. The number of hydrogen-bond donors (Lipinski definition) is 2. The maximum atomic E-state index is 13.3. The third-order valence-corrected chi connectivity index (χ3v) is 6.22. The van der Waals surface area contributed by atoms with Crippen molar-refractivity contribution in [3.05, 3.63) is 77.9 Å². The highest BCUT2D eigenvalue weighted by Crippen LogP contribution is 2.39. The maximum Gasteiger partial charge on any atom is 0.325 e. The number of aliphatic hydroxyl groups excluding tert-OH is 1. The van der Waals surface area contributed by atoms with Crippen LogP contribution in [0.3, 0.4) is 0 Å². The van der Waals surface area contributed by atoms with Crippen LogP contribution < -0.4 is 10.1 Å². The molecule has 2 atom stereocenters. The Morgan fingerprint density at radius 2 is 1.81 bits per heavy atom. The van der Waals surface area contributed by atoms with Crippen LogP contribution in [0.15, 0.2) is 66.7 Å². The van der Waals surface area contributed by atoms with Gasteiger partial charge in [0.2, 0.25) is 0 Å². The van der Waals surface area contributed by atoms with Crippen LogP contribution >= 0.6 is 0 Å². The van der Waals surface area contributed by atoms with Crippen molar-refractivity contribution in [1.82, 2.24) is 10.2 Å². The van der Waals surface area contributed by atoms with Crippen molar-refractivity contribution in [1.29, 1.82) is 0 Å². The lowest BCUT2D eigenvalue weighted by Crippen LogP contribution is -2.47. The molecule has 6 nitrogen and oxygen atoms in total. The molecule has 31 heavy (non-hydrogen) atoms. The first kappa shape index (κ1) is 19.6. The van der Waals surface area contributed by atoms with Gasteiger partial charge in [0, 0.05) is 5.39 Å². The molecule has 6 heteroatoms. The first-order chi connectivity index (χ1) is 15.1. The second-order valence-electron chi connectivity index (χ2n) is 8.20. The molecule has 158 valence electrons. The highest BCUT2D eigenvalue weighted by atomic mass is 16.5. The molecule has 1 aliphatic carbocycles. The van der Waals surface area contributed by atoms with Crippen LogP contribution in [0.1, 0.15) is 24.0 Å². The van der Waals surface area contributed by atoms with E-state index in [-0.39, 0.29) is 19.1 Å². The van der Waals surface area contributed by atoms with Crippen LogP contribution in [0.4, 0.5) is 4.79 Å². The van der Waals surface area contributed by atoms with Crippen LogP contribution in [0, 0.1) is 0 Å². The van der Waals surface area contributed by atoms with E-state index in [1.165, 1.54) is 0 Å². The summed E-state index contributed by atoms with van der Waals surface area (Å²) in [6.07, 6.45) is 1.28. The third-order valence-electron chi connectivity index (χ3n) is 6.22. The zero-order valence-electron chi connectivity index (χ0n) is 17.1. The van der Waals surface area contributed by atoms with Crippen molar-refractivity contribution in [2.45, 2.75) is 30.9 Å². The summed E-state index contributed by atoms with van der Waals surface area (Å²) in [6, 6.07) is 20.9. The van der Waals surface area contributed by atoms with E-state index in [2.05, 4.69) is 5.32 Å². The van der Waals surface area contributed by atoms with Crippen molar-refractivity contribution >= 4 is 22.7 Å². The SMILES string of the molecule is O=C1N[C@]2(CCCc3ccccc32)C(=O)N1C[C@H](O)COc1cccc2ccccc12. The Kier molecular flexibility index (Phi) is 4.87. The summed E-state index contributed by atoms with van der Waals surface area (Å²) in [5.41, 5.74) is 0.926. The summed E-state index contributed by atoms with van der Waals surface area (Å²) >= 11 is 0. The molecule has 2 aliphatic rings. The molecular weight excluding hydrogens is 392 g/mol. The summed E-state index contributed by atoms with van der Waals surface area (Å²) in [7, 11) is 0. The average molecular weight is 416 g/mol. The number of imide groups is 1. The molecule has 3 aromatic rings. The van der Waals surface area contributed by atoms with E-state index in [0.29, 0.717) is 12.2 Å². The summed E-state index contributed by atoms with van der Waals surface area (Å²) in [4.78, 5) is 27.1. The van der Waals surface area contributed by atoms with Crippen molar-refractivity contribution in [2.24, 2.45) is 0 Å². The summed E-state index contributed by atoms with van der Waals surface area (Å²) in [6.45, 7) is -0.131. The van der Waals surface area contributed by atoms with E-state index in [1.54, 1.807) is 0 Å². The Labute approximate surface area is 180 Å². The minimum atomic E-state index is -1.03. The van der Waals surface area contributed by atoms with Crippen LogP contribution in [0.2, 0.25) is 0 Å². The van der Waals surface area contributed by atoms with Crippen LogP contribution in [-0.4, -0.2) is 41.2 Å². The number of aryl methyl sites for hydroxylation is 1. The van der Waals surface area contributed by atoms with Gasteiger partial charge in [-0.3, -0.25) is 9.69 Å². The van der Waals surface area contributed by atoms with Gasteiger partial charge in [0.25, 0.3) is 5.91 Å². The van der Waals surface area contributed by atoms with Gasteiger partial charge in [-0.2, -0.15) is 0 Å². The fourth-order valence-electron chi connectivity index (χ4n) is 4.75. The van der Waals surface area contributed by atoms with Crippen molar-refractivity contribution in [3.8, 4) is 5.75 Å². The topological polar surface area (TPSA) is 78.9 Å². The van der Waals surface area contributed by atoms with Gasteiger partial charge in [-0.25, -0.2) is 4.79 Å². The Morgan fingerprint density at radius 3 is 2.71 bits per heavy atom. The molecule has 1 aliphatic heterocycles. The Hall–Kier alpha value is -3.38. The number of β-amino-alcohol motifs (C(OH)–C–C–N with tert-alkyl or cyclic N) is 1. The molecule has 3 aromatic carbocycles. The molecule has 0 aromatic heterocycles. The lowest BCUT2D eigenvalue weighted by atomic mass is 9.76. The smallest absolute Gasteiger partial charge is 0.325 e. The second-order valence-corrected chi connectivity index (χ2v) is 8.20. The normalized spacial score (nSPS) is 21.3. The number of carbonyl (C=O) groups is 2. The number of nitrogens with zero attached hydrogens (tertiary/aromatic N) is 1. The van der Waals surface area contributed by atoms with E-state index in [1.807, 2.05) is 66.7 Å². The minimum absolute atomic E-state index is 0.0192. The van der Waals surface area contributed by atoms with Crippen molar-refractivity contribution in [2.75, 3.05) is 13.2 Å². The second kappa shape index (κ2) is 7.71. The minimum Gasteiger partial charge on any atom is -0.490 e. The van der Waals surface area contributed by atoms with E-state index < -0.39 is 17.7 Å². The quantitative estimate of drug-likeness (QED) is 0.625. The molecule has 2 N–H and O–H groups in total. The molecule has 0 unspecified atom stereocenters. The predicted octanol–water partition coefficient (Wildman–Crippen LogP) is 3.36. The number of amides is 3. The highest BCUT2D eigenvalue weighted by molar-refractivity contribution is 6.07. The maximum absolute atomic E-state index is 13.3. The lowest BCUT2D eigenvalue weighted by molar-refractivity contribution is -0.133. The molecule has 0 bridgehead atoms. The number of nitrogens with one attached hydrogen (secondary N) is 1. The highest BCUT2D eigenvalue weighted by Gasteiger charge is 2.54. The van der Waals surface area contributed by atoms with E-state index in [9.17, 15) is 14.7 Å². The first-order valence-electron chi connectivity index (χ1n) is 10.6. The van der Waals surface area contributed by atoms with E-state index in [0.717, 1.165) is 39.6 Å². The van der Waals surface area contributed by atoms with Gasteiger partial charge < -0.3 is 15.2 Å². The van der Waals surface area contributed by atoms with Crippen LogP contribution in [-0.2, 0) is 16.8 Å². The van der Waals surface area contributed by atoms with Gasteiger partial charge in [0.05, 0.1) is 6.54 Å². The summed E-state index contributed by atoms with van der Waals surface area (Å²) < 4.78 is 5.84. The monoisotopic (exact) mass is 416 g/mol. The Bertz CT molecular complexity index is 1160.